The molecule has 4 heteroatoms. The summed E-state index contributed by atoms with van der Waals surface area (Å²) in [6.45, 7) is 1.87. The summed E-state index contributed by atoms with van der Waals surface area (Å²) in [4.78, 5) is 0. The van der Waals surface area contributed by atoms with E-state index in [9.17, 15) is 13.2 Å². The number of ether oxygens (including phenoxy) is 1. The Balaban J connectivity index is 2.22. The predicted molar refractivity (Wildman–Crippen MR) is 78.6 cm³/mol. The van der Waals surface area contributed by atoms with E-state index in [1.807, 2.05) is 0 Å². The van der Waals surface area contributed by atoms with Gasteiger partial charge in [0.25, 0.3) is 0 Å². The molecule has 2 aromatic rings. The molecule has 0 aliphatic carbocycles. The minimum atomic E-state index is -0.924. The van der Waals surface area contributed by atoms with Crippen molar-refractivity contribution in [3.05, 3.63) is 71.0 Å². The summed E-state index contributed by atoms with van der Waals surface area (Å²) in [6, 6.07) is 9.63. The van der Waals surface area contributed by atoms with E-state index in [0.29, 0.717) is 12.0 Å². The monoisotopic (exact) mass is 304 g/mol. The fourth-order valence-corrected chi connectivity index (χ4v) is 2.03. The van der Waals surface area contributed by atoms with Crippen LogP contribution >= 0.6 is 0 Å². The molecule has 0 fully saturated rings. The Labute approximate surface area is 127 Å². The van der Waals surface area contributed by atoms with Crippen LogP contribution in [0.2, 0.25) is 0 Å². The standard InChI is InChI=1S/C18H15F3O/c1-2-3-10-22-18(11-13-4-7-15(19)8-5-13)14-6-9-16(20)17(21)12-14/h4-9,12,18H,10-11H2,1H3. The van der Waals surface area contributed by atoms with Gasteiger partial charge in [-0.3, -0.25) is 0 Å². The second-order valence-corrected chi connectivity index (χ2v) is 4.73. The van der Waals surface area contributed by atoms with E-state index >= 15 is 0 Å². The summed E-state index contributed by atoms with van der Waals surface area (Å²) in [6.07, 6.45) is -0.0714. The van der Waals surface area contributed by atoms with Crippen LogP contribution in [0.1, 0.15) is 24.2 Å². The van der Waals surface area contributed by atoms with Gasteiger partial charge in [0.15, 0.2) is 11.6 Å². The first-order chi connectivity index (χ1) is 10.6. The van der Waals surface area contributed by atoms with Crippen molar-refractivity contribution in [1.29, 1.82) is 0 Å². The predicted octanol–water partition coefficient (Wildman–Crippen LogP) is 4.43. The van der Waals surface area contributed by atoms with E-state index in [-0.39, 0.29) is 12.4 Å². The van der Waals surface area contributed by atoms with Crippen molar-refractivity contribution in [1.82, 2.24) is 0 Å². The van der Waals surface area contributed by atoms with Crippen molar-refractivity contribution in [3.8, 4) is 11.8 Å². The third kappa shape index (κ3) is 4.37. The average molecular weight is 304 g/mol. The van der Waals surface area contributed by atoms with Gasteiger partial charge in [-0.05, 0) is 42.3 Å². The van der Waals surface area contributed by atoms with Gasteiger partial charge in [0.1, 0.15) is 12.4 Å². The number of benzene rings is 2. The molecule has 0 spiro atoms. The molecule has 1 nitrogen and oxygen atoms in total. The highest BCUT2D eigenvalue weighted by Crippen LogP contribution is 2.24. The topological polar surface area (TPSA) is 9.23 Å². The average Bonchev–Trinajstić information content (AvgIpc) is 2.51. The first kappa shape index (κ1) is 16.1. The maximum atomic E-state index is 13.4. The van der Waals surface area contributed by atoms with Crippen LogP contribution in [0.25, 0.3) is 0 Å². The van der Waals surface area contributed by atoms with E-state index in [2.05, 4.69) is 11.8 Å². The van der Waals surface area contributed by atoms with Crippen molar-refractivity contribution in [2.24, 2.45) is 0 Å². The third-order valence-electron chi connectivity index (χ3n) is 3.18. The summed E-state index contributed by atoms with van der Waals surface area (Å²) in [5.74, 6) is 3.32. The molecule has 114 valence electrons. The quantitative estimate of drug-likeness (QED) is 0.743. The fourth-order valence-electron chi connectivity index (χ4n) is 2.03. The Bertz CT molecular complexity index is 684. The Morgan fingerprint density at radius 2 is 1.73 bits per heavy atom. The Kier molecular flexibility index (Phi) is 5.62. The molecule has 0 amide bonds. The zero-order chi connectivity index (χ0) is 15.9. The van der Waals surface area contributed by atoms with Crippen LogP contribution in [0.15, 0.2) is 42.5 Å². The molecule has 0 saturated heterocycles. The molecular formula is C18H15F3O. The van der Waals surface area contributed by atoms with Crippen LogP contribution in [-0.2, 0) is 11.2 Å². The molecular weight excluding hydrogens is 289 g/mol. The second-order valence-electron chi connectivity index (χ2n) is 4.73. The van der Waals surface area contributed by atoms with Crippen LogP contribution in [0, 0.1) is 29.3 Å². The van der Waals surface area contributed by atoms with Crippen LogP contribution in [0.3, 0.4) is 0 Å². The van der Waals surface area contributed by atoms with Crippen LogP contribution < -0.4 is 0 Å². The number of hydrogen-bond acceptors (Lipinski definition) is 1. The molecule has 2 aromatic carbocycles. The molecule has 0 N–H and O–H groups in total. The Hall–Kier alpha value is -2.25. The largest absolute Gasteiger partial charge is 0.361 e. The lowest BCUT2D eigenvalue weighted by molar-refractivity contribution is 0.0778. The van der Waals surface area contributed by atoms with Crippen LogP contribution in [0.4, 0.5) is 13.2 Å². The summed E-state index contributed by atoms with van der Waals surface area (Å²) < 4.78 is 45.1. The number of hydrogen-bond donors (Lipinski definition) is 0. The van der Waals surface area contributed by atoms with Gasteiger partial charge in [-0.2, -0.15) is 0 Å². The van der Waals surface area contributed by atoms with Crippen molar-refractivity contribution >= 4 is 0 Å². The zero-order valence-corrected chi connectivity index (χ0v) is 12.1. The molecule has 1 unspecified atom stereocenters. The molecule has 0 saturated carbocycles. The van der Waals surface area contributed by atoms with Gasteiger partial charge in [-0.15, -0.1) is 5.92 Å². The minimum absolute atomic E-state index is 0.182. The highest BCUT2D eigenvalue weighted by Gasteiger charge is 2.15. The number of halogens is 3. The molecule has 0 heterocycles. The maximum Gasteiger partial charge on any atom is 0.159 e. The molecule has 0 aliphatic heterocycles. The Morgan fingerprint density at radius 3 is 2.36 bits per heavy atom. The van der Waals surface area contributed by atoms with Gasteiger partial charge in [-0.1, -0.05) is 24.1 Å². The first-order valence-corrected chi connectivity index (χ1v) is 6.80. The highest BCUT2D eigenvalue weighted by atomic mass is 19.2. The number of rotatable bonds is 5. The first-order valence-electron chi connectivity index (χ1n) is 6.80. The van der Waals surface area contributed by atoms with Crippen molar-refractivity contribution in [2.45, 2.75) is 19.4 Å². The molecule has 0 bridgehead atoms. The zero-order valence-electron chi connectivity index (χ0n) is 12.1. The Morgan fingerprint density at radius 1 is 1.00 bits per heavy atom. The smallest absolute Gasteiger partial charge is 0.159 e. The van der Waals surface area contributed by atoms with Crippen molar-refractivity contribution in [2.75, 3.05) is 6.61 Å². The van der Waals surface area contributed by atoms with Gasteiger partial charge >= 0.3 is 0 Å². The van der Waals surface area contributed by atoms with Gasteiger partial charge < -0.3 is 4.74 Å². The molecule has 0 aliphatic rings. The lowest BCUT2D eigenvalue weighted by Crippen LogP contribution is -2.09. The summed E-state index contributed by atoms with van der Waals surface area (Å²) >= 11 is 0. The highest BCUT2D eigenvalue weighted by molar-refractivity contribution is 5.24. The van der Waals surface area contributed by atoms with E-state index in [1.165, 1.54) is 18.2 Å². The van der Waals surface area contributed by atoms with Crippen LogP contribution in [0.5, 0.6) is 0 Å². The van der Waals surface area contributed by atoms with E-state index in [0.717, 1.165) is 17.7 Å². The fraction of sp³-hybridized carbons (Fsp3) is 0.222. The summed E-state index contributed by atoms with van der Waals surface area (Å²) in [7, 11) is 0. The molecule has 22 heavy (non-hydrogen) atoms. The summed E-state index contributed by atoms with van der Waals surface area (Å²) in [5.41, 5.74) is 1.35. The van der Waals surface area contributed by atoms with Gasteiger partial charge in [-0.25, -0.2) is 13.2 Å². The molecule has 2 rings (SSSR count). The second kappa shape index (κ2) is 7.67. The minimum Gasteiger partial charge on any atom is -0.361 e. The van der Waals surface area contributed by atoms with E-state index in [4.69, 9.17) is 4.74 Å². The van der Waals surface area contributed by atoms with Crippen LogP contribution in [-0.4, -0.2) is 6.61 Å². The van der Waals surface area contributed by atoms with E-state index < -0.39 is 17.7 Å². The summed E-state index contributed by atoms with van der Waals surface area (Å²) in [5, 5.41) is 0. The van der Waals surface area contributed by atoms with Gasteiger partial charge in [0.2, 0.25) is 0 Å². The SMILES string of the molecule is CC#CCOC(Cc1ccc(F)cc1)c1ccc(F)c(F)c1. The molecule has 0 radical (unpaired) electrons. The normalized spacial score (nSPS) is 11.6. The lowest BCUT2D eigenvalue weighted by atomic mass is 10.0. The van der Waals surface area contributed by atoms with Gasteiger partial charge in [0, 0.05) is 6.42 Å². The van der Waals surface area contributed by atoms with Crippen molar-refractivity contribution < 1.29 is 17.9 Å². The third-order valence-corrected chi connectivity index (χ3v) is 3.18. The maximum absolute atomic E-state index is 13.4. The molecule has 0 aromatic heterocycles. The van der Waals surface area contributed by atoms with E-state index in [1.54, 1.807) is 19.1 Å². The lowest BCUT2D eigenvalue weighted by Gasteiger charge is -2.17. The van der Waals surface area contributed by atoms with Crippen molar-refractivity contribution in [3.63, 3.8) is 0 Å². The molecule has 1 atom stereocenters. The van der Waals surface area contributed by atoms with Gasteiger partial charge in [0.05, 0.1) is 6.10 Å².